The van der Waals surface area contributed by atoms with E-state index in [-0.39, 0.29) is 0 Å². The number of hydrogen-bond donors (Lipinski definition) is 0. The van der Waals surface area contributed by atoms with Crippen LogP contribution in [0, 0.1) is 0 Å². The summed E-state index contributed by atoms with van der Waals surface area (Å²) in [6.07, 6.45) is 3.68. The number of fused-ring (bicyclic) bond motifs is 1. The van der Waals surface area contributed by atoms with Gasteiger partial charge in [0.1, 0.15) is 0 Å². The van der Waals surface area contributed by atoms with Gasteiger partial charge in [0.2, 0.25) is 0 Å². The summed E-state index contributed by atoms with van der Waals surface area (Å²) in [7, 11) is 1.95. The second-order valence-electron chi connectivity index (χ2n) is 3.76. The van der Waals surface area contributed by atoms with E-state index in [9.17, 15) is 0 Å². The topological polar surface area (TPSA) is 30.7 Å². The quantitative estimate of drug-likeness (QED) is 0.616. The Labute approximate surface area is 93.4 Å². The van der Waals surface area contributed by atoms with Crippen molar-refractivity contribution in [2.24, 2.45) is 7.05 Å². The fraction of sp³-hybridized carbons (Fsp3) is 0.0769. The Bertz CT molecular complexity index is 626. The van der Waals surface area contributed by atoms with Crippen molar-refractivity contribution in [2.45, 2.75) is 0 Å². The van der Waals surface area contributed by atoms with E-state index < -0.39 is 0 Å². The van der Waals surface area contributed by atoms with Crippen LogP contribution in [0.15, 0.2) is 48.8 Å². The van der Waals surface area contributed by atoms with E-state index >= 15 is 0 Å². The van der Waals surface area contributed by atoms with Gasteiger partial charge in [-0.2, -0.15) is 5.10 Å². The zero-order valence-electron chi connectivity index (χ0n) is 8.96. The molecular weight excluding hydrogens is 198 g/mol. The van der Waals surface area contributed by atoms with Gasteiger partial charge in [-0.15, -0.1) is 0 Å². The first-order valence-corrected chi connectivity index (χ1v) is 5.18. The fourth-order valence-corrected chi connectivity index (χ4v) is 1.84. The molecule has 0 fully saturated rings. The highest BCUT2D eigenvalue weighted by Gasteiger charge is 2.03. The predicted molar refractivity (Wildman–Crippen MR) is 63.9 cm³/mol. The van der Waals surface area contributed by atoms with Crippen LogP contribution in [0.1, 0.15) is 0 Å². The standard InChI is InChI=1S/C13H11N3/c1-16-13-8-10(5-6-11(13)9-15-16)12-4-2-3-7-14-12/h2-9H,1H3. The molecule has 2 heterocycles. The van der Waals surface area contributed by atoms with E-state index in [1.165, 1.54) is 0 Å². The molecule has 0 spiro atoms. The molecule has 3 heteroatoms. The van der Waals surface area contributed by atoms with E-state index in [2.05, 4.69) is 28.3 Å². The van der Waals surface area contributed by atoms with Crippen molar-refractivity contribution >= 4 is 10.9 Å². The second-order valence-corrected chi connectivity index (χ2v) is 3.76. The van der Waals surface area contributed by atoms with Gasteiger partial charge in [-0.1, -0.05) is 18.2 Å². The van der Waals surface area contributed by atoms with Gasteiger partial charge in [0, 0.05) is 24.2 Å². The molecule has 0 saturated heterocycles. The number of nitrogens with zero attached hydrogens (tertiary/aromatic N) is 3. The third kappa shape index (κ3) is 1.37. The van der Waals surface area contributed by atoms with Gasteiger partial charge in [0.25, 0.3) is 0 Å². The lowest BCUT2D eigenvalue weighted by atomic mass is 10.1. The summed E-state index contributed by atoms with van der Waals surface area (Å²) in [5.41, 5.74) is 3.24. The van der Waals surface area contributed by atoms with Crippen LogP contribution < -0.4 is 0 Å². The van der Waals surface area contributed by atoms with Gasteiger partial charge >= 0.3 is 0 Å². The first kappa shape index (κ1) is 9.09. The van der Waals surface area contributed by atoms with Gasteiger partial charge in [0.15, 0.2) is 0 Å². The van der Waals surface area contributed by atoms with E-state index in [4.69, 9.17) is 0 Å². The largest absolute Gasteiger partial charge is 0.268 e. The molecule has 1 aromatic carbocycles. The molecule has 3 rings (SSSR count). The maximum Gasteiger partial charge on any atom is 0.0702 e. The minimum absolute atomic E-state index is 0.991. The molecule has 2 aromatic heterocycles. The lowest BCUT2D eigenvalue weighted by Crippen LogP contribution is -1.89. The van der Waals surface area contributed by atoms with Gasteiger partial charge in [-0.25, -0.2) is 0 Å². The summed E-state index contributed by atoms with van der Waals surface area (Å²) < 4.78 is 1.88. The first-order valence-electron chi connectivity index (χ1n) is 5.18. The van der Waals surface area contributed by atoms with E-state index in [1.54, 1.807) is 0 Å². The third-order valence-corrected chi connectivity index (χ3v) is 2.71. The van der Waals surface area contributed by atoms with Crippen molar-refractivity contribution in [1.29, 1.82) is 0 Å². The summed E-state index contributed by atoms with van der Waals surface area (Å²) in [6.45, 7) is 0. The highest BCUT2D eigenvalue weighted by molar-refractivity contribution is 5.83. The third-order valence-electron chi connectivity index (χ3n) is 2.71. The van der Waals surface area contributed by atoms with Crippen molar-refractivity contribution in [1.82, 2.24) is 14.8 Å². The number of hydrogen-bond acceptors (Lipinski definition) is 2. The summed E-state index contributed by atoms with van der Waals surface area (Å²) in [5.74, 6) is 0. The molecule has 3 nitrogen and oxygen atoms in total. The molecule has 3 aromatic rings. The maximum atomic E-state index is 4.34. The summed E-state index contributed by atoms with van der Waals surface area (Å²) in [4.78, 5) is 4.34. The number of benzene rings is 1. The fourth-order valence-electron chi connectivity index (χ4n) is 1.84. The zero-order valence-corrected chi connectivity index (χ0v) is 8.96. The van der Waals surface area contributed by atoms with Crippen molar-refractivity contribution in [3.8, 4) is 11.3 Å². The van der Waals surface area contributed by atoms with Crippen LogP contribution in [0.25, 0.3) is 22.2 Å². The zero-order chi connectivity index (χ0) is 11.0. The van der Waals surface area contributed by atoms with Crippen molar-refractivity contribution in [3.63, 3.8) is 0 Å². The Kier molecular flexibility index (Phi) is 1.96. The molecule has 78 valence electrons. The molecule has 0 aliphatic rings. The molecule has 0 aliphatic heterocycles. The lowest BCUT2D eigenvalue weighted by Gasteiger charge is -2.01. The molecule has 0 atom stereocenters. The van der Waals surface area contributed by atoms with Crippen molar-refractivity contribution in [2.75, 3.05) is 0 Å². The normalized spacial score (nSPS) is 10.8. The van der Waals surface area contributed by atoms with Crippen molar-refractivity contribution < 1.29 is 0 Å². The highest BCUT2D eigenvalue weighted by atomic mass is 15.2. The average molecular weight is 209 g/mol. The summed E-state index contributed by atoms with van der Waals surface area (Å²) in [5, 5.41) is 5.38. The Balaban J connectivity index is 2.22. The second kappa shape index (κ2) is 3.45. The lowest BCUT2D eigenvalue weighted by molar-refractivity contribution is 0.797. The first-order chi connectivity index (χ1) is 7.84. The molecule has 0 bridgehead atoms. The number of rotatable bonds is 1. The SMILES string of the molecule is Cn1ncc2ccc(-c3ccccn3)cc21. The van der Waals surface area contributed by atoms with Gasteiger partial charge in [-0.3, -0.25) is 9.67 Å². The monoisotopic (exact) mass is 209 g/mol. The minimum Gasteiger partial charge on any atom is -0.268 e. The maximum absolute atomic E-state index is 4.34. The van der Waals surface area contributed by atoms with E-state index in [1.807, 2.05) is 42.3 Å². The van der Waals surface area contributed by atoms with E-state index in [0.717, 1.165) is 22.2 Å². The molecule has 0 aliphatic carbocycles. The van der Waals surface area contributed by atoms with Gasteiger partial charge in [-0.05, 0) is 18.2 Å². The number of aromatic nitrogens is 3. The van der Waals surface area contributed by atoms with Crippen LogP contribution in [0.4, 0.5) is 0 Å². The molecule has 16 heavy (non-hydrogen) atoms. The molecule has 0 saturated carbocycles. The minimum atomic E-state index is 0.991. The molecule has 0 radical (unpaired) electrons. The molecular formula is C13H11N3. The average Bonchev–Trinajstić information content (AvgIpc) is 2.72. The van der Waals surface area contributed by atoms with Crippen molar-refractivity contribution in [3.05, 3.63) is 48.8 Å². The smallest absolute Gasteiger partial charge is 0.0702 e. The highest BCUT2D eigenvalue weighted by Crippen LogP contribution is 2.22. The molecule has 0 amide bonds. The Morgan fingerprint density at radius 1 is 1.12 bits per heavy atom. The number of aryl methyl sites for hydroxylation is 1. The van der Waals surface area contributed by atoms with E-state index in [0.29, 0.717) is 0 Å². The van der Waals surface area contributed by atoms with Gasteiger partial charge in [0.05, 0.1) is 17.4 Å². The van der Waals surface area contributed by atoms with Crippen LogP contribution >= 0.6 is 0 Å². The Morgan fingerprint density at radius 2 is 2.06 bits per heavy atom. The Hall–Kier alpha value is -2.16. The summed E-state index contributed by atoms with van der Waals surface area (Å²) in [6, 6.07) is 12.2. The Morgan fingerprint density at radius 3 is 2.88 bits per heavy atom. The van der Waals surface area contributed by atoms with Crippen LogP contribution in [0.5, 0.6) is 0 Å². The molecule has 0 N–H and O–H groups in total. The van der Waals surface area contributed by atoms with Crippen LogP contribution in [-0.4, -0.2) is 14.8 Å². The summed E-state index contributed by atoms with van der Waals surface area (Å²) >= 11 is 0. The van der Waals surface area contributed by atoms with Gasteiger partial charge < -0.3 is 0 Å². The predicted octanol–water partition coefficient (Wildman–Crippen LogP) is 2.64. The van der Waals surface area contributed by atoms with Crippen LogP contribution in [-0.2, 0) is 7.05 Å². The molecule has 0 unspecified atom stereocenters. The van der Waals surface area contributed by atoms with Crippen LogP contribution in [0.2, 0.25) is 0 Å². The van der Waals surface area contributed by atoms with Crippen LogP contribution in [0.3, 0.4) is 0 Å². The number of pyridine rings is 1.